The Hall–Kier alpha value is -3.93. The van der Waals surface area contributed by atoms with Crippen LogP contribution in [0.5, 0.6) is 17.2 Å². The molecule has 0 unspecified atom stereocenters. The summed E-state index contributed by atoms with van der Waals surface area (Å²) >= 11 is 2.06. The number of carbonyl (C=O) groups excluding carboxylic acids is 3. The second kappa shape index (κ2) is 14.0. The van der Waals surface area contributed by atoms with E-state index in [9.17, 15) is 14.4 Å². The van der Waals surface area contributed by atoms with Gasteiger partial charge < -0.3 is 19.5 Å². The van der Waals surface area contributed by atoms with E-state index < -0.39 is 11.9 Å². The van der Waals surface area contributed by atoms with Crippen LogP contribution >= 0.6 is 22.6 Å². The van der Waals surface area contributed by atoms with Gasteiger partial charge in [0.15, 0.2) is 11.5 Å². The number of methoxy groups -OCH3 is 1. The minimum atomic E-state index is -0.541. The van der Waals surface area contributed by atoms with Crippen LogP contribution in [-0.4, -0.2) is 44.3 Å². The average molecular weight is 615 g/mol. The molecule has 37 heavy (non-hydrogen) atoms. The predicted molar refractivity (Wildman–Crippen MR) is 147 cm³/mol. The van der Waals surface area contributed by atoms with Gasteiger partial charge in [-0.2, -0.15) is 5.10 Å². The number of rotatable bonds is 11. The van der Waals surface area contributed by atoms with Crippen LogP contribution in [0.4, 0.5) is 0 Å². The second-order valence-corrected chi connectivity index (χ2v) is 8.79. The van der Waals surface area contributed by atoms with Gasteiger partial charge in [0, 0.05) is 3.57 Å². The van der Waals surface area contributed by atoms with Crippen LogP contribution in [0.1, 0.15) is 39.6 Å². The van der Waals surface area contributed by atoms with E-state index in [-0.39, 0.29) is 18.2 Å². The van der Waals surface area contributed by atoms with Crippen molar-refractivity contribution in [1.82, 2.24) is 10.7 Å². The molecule has 0 heterocycles. The van der Waals surface area contributed by atoms with Crippen LogP contribution in [0.25, 0.3) is 0 Å². The number of halogens is 1. The topological polar surface area (TPSA) is 115 Å². The van der Waals surface area contributed by atoms with Gasteiger partial charge in [0.25, 0.3) is 11.8 Å². The molecule has 2 amide bonds. The number of benzene rings is 3. The molecule has 3 aromatic carbocycles. The summed E-state index contributed by atoms with van der Waals surface area (Å²) in [6.45, 7) is 2.39. The summed E-state index contributed by atoms with van der Waals surface area (Å²) in [6.07, 6.45) is 2.30. The van der Waals surface area contributed by atoms with Crippen molar-refractivity contribution in [3.05, 3.63) is 87.0 Å². The Balaban J connectivity index is 1.53. The van der Waals surface area contributed by atoms with Crippen LogP contribution in [0.3, 0.4) is 0 Å². The molecule has 0 bridgehead atoms. The number of nitrogens with zero attached hydrogens (tertiary/aromatic N) is 1. The fourth-order valence-electron chi connectivity index (χ4n) is 3.03. The predicted octanol–water partition coefficient (Wildman–Crippen LogP) is 4.19. The molecule has 0 aliphatic rings. The maximum atomic E-state index is 12.5. The summed E-state index contributed by atoms with van der Waals surface area (Å²) in [5.41, 5.74) is 3.81. The fourth-order valence-corrected chi connectivity index (χ4v) is 3.67. The first kappa shape index (κ1) is 27.7. The van der Waals surface area contributed by atoms with Gasteiger partial charge >= 0.3 is 5.97 Å². The first-order valence-electron chi connectivity index (χ1n) is 11.4. The van der Waals surface area contributed by atoms with Crippen molar-refractivity contribution in [3.8, 4) is 17.2 Å². The molecule has 0 fully saturated rings. The number of hydrazone groups is 1. The number of hydrogen-bond acceptors (Lipinski definition) is 7. The van der Waals surface area contributed by atoms with Crippen molar-refractivity contribution in [3.63, 3.8) is 0 Å². The molecule has 0 saturated carbocycles. The first-order chi connectivity index (χ1) is 17.9. The minimum absolute atomic E-state index is 0.231. The zero-order valence-corrected chi connectivity index (χ0v) is 22.5. The highest BCUT2D eigenvalue weighted by atomic mass is 127. The van der Waals surface area contributed by atoms with Crippen LogP contribution in [0, 0.1) is 3.57 Å². The van der Waals surface area contributed by atoms with Gasteiger partial charge in [0.05, 0.1) is 37.6 Å². The number of ether oxygens (including phenoxy) is 3. The lowest BCUT2D eigenvalue weighted by Crippen LogP contribution is -2.35. The van der Waals surface area contributed by atoms with Crippen molar-refractivity contribution in [1.29, 1.82) is 0 Å². The fraction of sp³-hybridized carbons (Fsp3) is 0.185. The molecule has 0 aromatic heterocycles. The third kappa shape index (κ3) is 8.31. The molecule has 0 saturated heterocycles. The highest BCUT2D eigenvalue weighted by Crippen LogP contribution is 2.28. The molecular formula is C27H26IN3O6. The number of esters is 1. The van der Waals surface area contributed by atoms with Crippen LogP contribution in [0.2, 0.25) is 0 Å². The highest BCUT2D eigenvalue weighted by Gasteiger charge is 2.14. The minimum Gasteiger partial charge on any atom is -0.494 e. The quantitative estimate of drug-likeness (QED) is 0.110. The van der Waals surface area contributed by atoms with Gasteiger partial charge in [0.1, 0.15) is 5.75 Å². The second-order valence-electron chi connectivity index (χ2n) is 7.63. The van der Waals surface area contributed by atoms with Crippen molar-refractivity contribution >= 4 is 46.6 Å². The molecule has 9 nitrogen and oxygen atoms in total. The SMILES string of the molecule is CCCOc1ccc(C(=O)Oc2ccc(/C=N\NC(=O)CNC(=O)c3ccccc3I)cc2OC)cc1. The summed E-state index contributed by atoms with van der Waals surface area (Å²) < 4.78 is 17.1. The van der Waals surface area contributed by atoms with Crippen molar-refractivity contribution < 1.29 is 28.6 Å². The maximum Gasteiger partial charge on any atom is 0.343 e. The van der Waals surface area contributed by atoms with Gasteiger partial charge in [-0.3, -0.25) is 9.59 Å². The van der Waals surface area contributed by atoms with Crippen molar-refractivity contribution in [2.24, 2.45) is 5.10 Å². The normalized spacial score (nSPS) is 10.6. The first-order valence-corrected chi connectivity index (χ1v) is 12.5. The van der Waals surface area contributed by atoms with Gasteiger partial charge in [-0.05, 0) is 89.2 Å². The van der Waals surface area contributed by atoms with E-state index in [1.165, 1.54) is 13.3 Å². The Morgan fingerprint density at radius 3 is 2.46 bits per heavy atom. The Morgan fingerprint density at radius 2 is 1.76 bits per heavy atom. The Morgan fingerprint density at radius 1 is 1.00 bits per heavy atom. The van der Waals surface area contributed by atoms with Gasteiger partial charge in [0.2, 0.25) is 0 Å². The van der Waals surface area contributed by atoms with E-state index in [2.05, 4.69) is 38.4 Å². The molecule has 0 spiro atoms. The lowest BCUT2D eigenvalue weighted by atomic mass is 10.2. The molecule has 10 heteroatoms. The molecule has 0 radical (unpaired) electrons. The molecule has 3 aromatic rings. The number of amides is 2. The van der Waals surface area contributed by atoms with Gasteiger partial charge in [-0.25, -0.2) is 10.2 Å². The maximum absolute atomic E-state index is 12.5. The highest BCUT2D eigenvalue weighted by molar-refractivity contribution is 14.1. The van der Waals surface area contributed by atoms with E-state index in [1.807, 2.05) is 13.0 Å². The standard InChI is InChI=1S/C27H26IN3O6/c1-3-14-36-20-11-9-19(10-12-20)27(34)37-23-13-8-18(15-24(23)35-2)16-30-31-25(32)17-29-26(33)21-6-4-5-7-22(21)28/h4-13,15-16H,3,14,17H2,1-2H3,(H,29,33)(H,31,32)/b30-16-. The lowest BCUT2D eigenvalue weighted by molar-refractivity contribution is -0.120. The van der Waals surface area contributed by atoms with Crippen LogP contribution in [-0.2, 0) is 4.79 Å². The van der Waals surface area contributed by atoms with Gasteiger partial charge in [-0.1, -0.05) is 19.1 Å². The van der Waals surface area contributed by atoms with Gasteiger partial charge in [-0.15, -0.1) is 0 Å². The molecule has 2 N–H and O–H groups in total. The largest absolute Gasteiger partial charge is 0.494 e. The molecule has 0 aliphatic heterocycles. The van der Waals surface area contributed by atoms with Crippen LogP contribution in [0.15, 0.2) is 71.8 Å². The zero-order chi connectivity index (χ0) is 26.6. The lowest BCUT2D eigenvalue weighted by Gasteiger charge is -2.10. The molecule has 192 valence electrons. The number of nitrogens with one attached hydrogen (secondary N) is 2. The molecule has 0 aliphatic carbocycles. The summed E-state index contributed by atoms with van der Waals surface area (Å²) in [7, 11) is 1.45. The zero-order valence-electron chi connectivity index (χ0n) is 20.3. The third-order valence-electron chi connectivity index (χ3n) is 4.88. The molecule has 0 atom stereocenters. The summed E-state index contributed by atoms with van der Waals surface area (Å²) in [4.78, 5) is 36.8. The van der Waals surface area contributed by atoms with E-state index in [4.69, 9.17) is 14.2 Å². The Kier molecular flexibility index (Phi) is 10.4. The van der Waals surface area contributed by atoms with E-state index >= 15 is 0 Å². The van der Waals surface area contributed by atoms with E-state index in [1.54, 1.807) is 60.7 Å². The Labute approximate surface area is 228 Å². The summed E-state index contributed by atoms with van der Waals surface area (Å²) in [5, 5.41) is 6.45. The molecular weight excluding hydrogens is 589 g/mol. The monoisotopic (exact) mass is 615 g/mol. The van der Waals surface area contributed by atoms with E-state index in [0.29, 0.717) is 34.8 Å². The Bertz CT molecular complexity index is 1280. The van der Waals surface area contributed by atoms with Crippen LogP contribution < -0.4 is 25.0 Å². The van der Waals surface area contributed by atoms with E-state index in [0.717, 1.165) is 9.99 Å². The summed E-state index contributed by atoms with van der Waals surface area (Å²) in [6, 6.07) is 18.6. The third-order valence-corrected chi connectivity index (χ3v) is 5.82. The van der Waals surface area contributed by atoms with Crippen molar-refractivity contribution in [2.45, 2.75) is 13.3 Å². The molecule has 3 rings (SSSR count). The smallest absolute Gasteiger partial charge is 0.343 e. The van der Waals surface area contributed by atoms with Crippen molar-refractivity contribution in [2.75, 3.05) is 20.3 Å². The average Bonchev–Trinajstić information content (AvgIpc) is 2.91. The number of hydrogen-bond donors (Lipinski definition) is 2. The number of carbonyl (C=O) groups is 3. The summed E-state index contributed by atoms with van der Waals surface area (Å²) in [5.74, 6) is -0.144.